The van der Waals surface area contributed by atoms with Gasteiger partial charge in [0.05, 0.1) is 11.5 Å². The average molecular weight is 273 g/mol. The molecule has 5 nitrogen and oxygen atoms in total. The number of rotatable bonds is 4. The average Bonchev–Trinajstić information content (AvgIpc) is 2.81. The number of halogens is 1. The Morgan fingerprint density at radius 1 is 1.50 bits per heavy atom. The van der Waals surface area contributed by atoms with E-state index in [0.717, 1.165) is 0 Å². The predicted octanol–water partition coefficient (Wildman–Crippen LogP) is 1.62. The Bertz CT molecular complexity index is 448. The molecule has 18 heavy (non-hydrogen) atoms. The minimum atomic E-state index is -0.944. The zero-order valence-electron chi connectivity index (χ0n) is 9.76. The van der Waals surface area contributed by atoms with Crippen LogP contribution in [0.3, 0.4) is 0 Å². The molecule has 0 fully saturated rings. The fourth-order valence-electron chi connectivity index (χ4n) is 1.59. The summed E-state index contributed by atoms with van der Waals surface area (Å²) in [5.74, 6) is 0.776. The molecule has 1 N–H and O–H groups in total. The summed E-state index contributed by atoms with van der Waals surface area (Å²) in [7, 11) is 0. The van der Waals surface area contributed by atoms with Crippen LogP contribution in [-0.4, -0.2) is 29.9 Å². The molecule has 0 saturated heterocycles. The Kier molecular flexibility index (Phi) is 3.93. The fourth-order valence-corrected chi connectivity index (χ4v) is 1.80. The number of aliphatic hydroxyl groups excluding tert-OH is 1. The van der Waals surface area contributed by atoms with E-state index in [9.17, 15) is 9.90 Å². The van der Waals surface area contributed by atoms with Crippen LogP contribution in [0.4, 0.5) is 0 Å². The highest BCUT2D eigenvalue weighted by molar-refractivity contribution is 6.21. The largest absolute Gasteiger partial charge is 0.464 e. The van der Waals surface area contributed by atoms with Crippen LogP contribution in [0.1, 0.15) is 18.6 Å². The van der Waals surface area contributed by atoms with Crippen molar-refractivity contribution in [3.8, 4) is 11.5 Å². The topological polar surface area (TPSA) is 65.0 Å². The summed E-state index contributed by atoms with van der Waals surface area (Å²) in [5, 5.41) is 9.30. The third kappa shape index (κ3) is 2.86. The first kappa shape index (κ1) is 13.0. The maximum absolute atomic E-state index is 10.7. The summed E-state index contributed by atoms with van der Waals surface area (Å²) in [6.45, 7) is 1.41. The molecule has 1 aliphatic rings. The van der Waals surface area contributed by atoms with Gasteiger partial charge in [-0.25, -0.2) is 0 Å². The van der Waals surface area contributed by atoms with Crippen molar-refractivity contribution in [1.29, 1.82) is 0 Å². The molecule has 0 amide bonds. The van der Waals surface area contributed by atoms with E-state index in [1.807, 2.05) is 0 Å². The quantitative estimate of drug-likeness (QED) is 0.666. The van der Waals surface area contributed by atoms with E-state index in [-0.39, 0.29) is 13.4 Å². The number of carbonyl (C=O) groups excluding carboxylic acids is 1. The molecular weight excluding hydrogens is 260 g/mol. The number of ether oxygens (including phenoxy) is 3. The Labute approximate surface area is 109 Å². The van der Waals surface area contributed by atoms with E-state index < -0.39 is 17.5 Å². The van der Waals surface area contributed by atoms with Crippen LogP contribution in [0.2, 0.25) is 0 Å². The molecule has 0 radical (unpaired) electrons. The van der Waals surface area contributed by atoms with Crippen molar-refractivity contribution in [2.75, 3.05) is 13.4 Å². The molecule has 0 aliphatic carbocycles. The number of fused-ring (bicyclic) bond motifs is 1. The molecule has 6 heteroatoms. The van der Waals surface area contributed by atoms with Crippen LogP contribution >= 0.6 is 11.6 Å². The molecule has 1 heterocycles. The normalized spacial score (nSPS) is 16.2. The second-order valence-electron chi connectivity index (χ2n) is 3.88. The van der Waals surface area contributed by atoms with Gasteiger partial charge in [0.15, 0.2) is 11.5 Å². The van der Waals surface area contributed by atoms with E-state index >= 15 is 0 Å². The number of esters is 1. The first-order valence-electron chi connectivity index (χ1n) is 5.43. The van der Waals surface area contributed by atoms with Crippen LogP contribution in [0.5, 0.6) is 11.5 Å². The fraction of sp³-hybridized carbons (Fsp3) is 0.417. The third-order valence-corrected chi connectivity index (χ3v) is 2.89. The predicted molar refractivity (Wildman–Crippen MR) is 63.8 cm³/mol. The van der Waals surface area contributed by atoms with Crippen molar-refractivity contribution in [1.82, 2.24) is 0 Å². The van der Waals surface area contributed by atoms with Gasteiger partial charge in [-0.15, -0.1) is 11.6 Å². The lowest BCUT2D eigenvalue weighted by atomic mass is 10.1. The van der Waals surface area contributed by atoms with Gasteiger partial charge in [0.1, 0.15) is 6.61 Å². The number of hydrogen-bond acceptors (Lipinski definition) is 5. The first-order chi connectivity index (χ1) is 8.58. The Morgan fingerprint density at radius 3 is 2.94 bits per heavy atom. The van der Waals surface area contributed by atoms with Crippen LogP contribution in [0.25, 0.3) is 0 Å². The second-order valence-corrected chi connectivity index (χ2v) is 4.44. The number of alkyl halides is 1. The summed E-state index contributed by atoms with van der Waals surface area (Å²) in [4.78, 5) is 10.7. The summed E-state index contributed by atoms with van der Waals surface area (Å²) >= 11 is 5.96. The van der Waals surface area contributed by atoms with E-state index in [1.54, 1.807) is 18.2 Å². The number of aliphatic hydroxyl groups is 1. The molecule has 0 aromatic heterocycles. The molecule has 0 saturated carbocycles. The van der Waals surface area contributed by atoms with Crippen molar-refractivity contribution in [2.24, 2.45) is 0 Å². The molecule has 1 aromatic rings. The van der Waals surface area contributed by atoms with Gasteiger partial charge >= 0.3 is 5.97 Å². The lowest BCUT2D eigenvalue weighted by molar-refractivity contribution is -0.141. The highest BCUT2D eigenvalue weighted by atomic mass is 35.5. The molecule has 0 unspecified atom stereocenters. The molecule has 0 spiro atoms. The monoisotopic (exact) mass is 272 g/mol. The van der Waals surface area contributed by atoms with Gasteiger partial charge in [0.2, 0.25) is 6.79 Å². The van der Waals surface area contributed by atoms with Gasteiger partial charge in [-0.2, -0.15) is 0 Å². The number of benzene rings is 1. The highest BCUT2D eigenvalue weighted by Gasteiger charge is 2.22. The summed E-state index contributed by atoms with van der Waals surface area (Å²) in [6.07, 6.45) is -0.944. The summed E-state index contributed by atoms with van der Waals surface area (Å²) in [6, 6.07) is 5.06. The standard InChI is InChI=1S/C12H13ClO5/c1-7(14)16-5-9(13)12(15)8-2-3-10-11(4-8)18-6-17-10/h2-4,9,12,15H,5-6H2,1H3/t9-,12-/m1/s1. The molecule has 1 aromatic carbocycles. The zero-order chi connectivity index (χ0) is 13.1. The second kappa shape index (κ2) is 5.46. The third-order valence-electron chi connectivity index (χ3n) is 2.53. The smallest absolute Gasteiger partial charge is 0.302 e. The van der Waals surface area contributed by atoms with Crippen LogP contribution in [0.15, 0.2) is 18.2 Å². The van der Waals surface area contributed by atoms with Crippen molar-refractivity contribution < 1.29 is 24.1 Å². The van der Waals surface area contributed by atoms with Gasteiger partial charge in [-0.1, -0.05) is 6.07 Å². The van der Waals surface area contributed by atoms with E-state index in [2.05, 4.69) is 0 Å². The van der Waals surface area contributed by atoms with Crippen molar-refractivity contribution in [3.63, 3.8) is 0 Å². The molecule has 1 aliphatic heterocycles. The molecule has 98 valence electrons. The van der Waals surface area contributed by atoms with Crippen molar-refractivity contribution in [3.05, 3.63) is 23.8 Å². The van der Waals surface area contributed by atoms with Gasteiger partial charge < -0.3 is 19.3 Å². The Balaban J connectivity index is 2.04. The lowest BCUT2D eigenvalue weighted by Crippen LogP contribution is -2.20. The van der Waals surface area contributed by atoms with Gasteiger partial charge in [0, 0.05) is 6.92 Å². The maximum atomic E-state index is 10.7. The van der Waals surface area contributed by atoms with Crippen molar-refractivity contribution >= 4 is 17.6 Å². The number of hydrogen-bond donors (Lipinski definition) is 1. The molecule has 0 bridgehead atoms. The molecular formula is C12H13ClO5. The van der Waals surface area contributed by atoms with E-state index in [0.29, 0.717) is 17.1 Å². The van der Waals surface area contributed by atoms with Gasteiger partial charge in [0.25, 0.3) is 0 Å². The first-order valence-corrected chi connectivity index (χ1v) is 5.86. The SMILES string of the molecule is CC(=O)OC[C@@H](Cl)[C@H](O)c1ccc2c(c1)OCO2. The van der Waals surface area contributed by atoms with Crippen LogP contribution in [0, 0.1) is 0 Å². The Morgan fingerprint density at radius 2 is 2.22 bits per heavy atom. The number of carbonyl (C=O) groups is 1. The zero-order valence-corrected chi connectivity index (χ0v) is 10.5. The van der Waals surface area contributed by atoms with Crippen molar-refractivity contribution in [2.45, 2.75) is 18.4 Å². The molecule has 2 atom stereocenters. The van der Waals surface area contributed by atoms with Gasteiger partial charge in [-0.05, 0) is 17.7 Å². The van der Waals surface area contributed by atoms with Crippen LogP contribution < -0.4 is 9.47 Å². The van der Waals surface area contributed by atoms with E-state index in [4.69, 9.17) is 25.8 Å². The van der Waals surface area contributed by atoms with E-state index in [1.165, 1.54) is 6.92 Å². The highest BCUT2D eigenvalue weighted by Crippen LogP contribution is 2.35. The summed E-state index contributed by atoms with van der Waals surface area (Å²) in [5.41, 5.74) is 0.589. The summed E-state index contributed by atoms with van der Waals surface area (Å²) < 4.78 is 15.1. The minimum Gasteiger partial charge on any atom is -0.464 e. The maximum Gasteiger partial charge on any atom is 0.302 e. The lowest BCUT2D eigenvalue weighted by Gasteiger charge is -2.17. The Hall–Kier alpha value is -1.46. The minimum absolute atomic E-state index is 0.0491. The van der Waals surface area contributed by atoms with Gasteiger partial charge in [-0.3, -0.25) is 4.79 Å². The molecule has 2 rings (SSSR count). The van der Waals surface area contributed by atoms with Crippen LogP contribution in [-0.2, 0) is 9.53 Å².